The molecule has 0 saturated carbocycles. The summed E-state index contributed by atoms with van der Waals surface area (Å²) in [5.41, 5.74) is 1.33. The van der Waals surface area contributed by atoms with Crippen LogP contribution in [0.5, 0.6) is 0 Å². The van der Waals surface area contributed by atoms with Gasteiger partial charge in [0.15, 0.2) is 0 Å². The number of aliphatic hydroxyl groups is 1. The van der Waals surface area contributed by atoms with Crippen LogP contribution in [-0.2, 0) is 4.74 Å². The van der Waals surface area contributed by atoms with E-state index in [1.165, 1.54) is 0 Å². The van der Waals surface area contributed by atoms with Gasteiger partial charge in [-0.3, -0.25) is 0 Å². The number of amides is 1. The molecule has 106 valence electrons. The zero-order valence-electron chi connectivity index (χ0n) is 11.7. The lowest BCUT2D eigenvalue weighted by Gasteiger charge is -2.23. The second kappa shape index (κ2) is 6.39. The lowest BCUT2D eigenvalue weighted by Crippen LogP contribution is -2.36. The van der Waals surface area contributed by atoms with E-state index in [-0.39, 0.29) is 6.61 Å². The zero-order chi connectivity index (χ0) is 14.6. The first kappa shape index (κ1) is 16.0. The summed E-state index contributed by atoms with van der Waals surface area (Å²) in [6.07, 6.45) is -0.538. The second-order valence-electron chi connectivity index (χ2n) is 5.44. The van der Waals surface area contributed by atoms with Gasteiger partial charge in [-0.25, -0.2) is 4.79 Å². The number of nitrogens with one attached hydrogen (secondary N) is 1. The van der Waals surface area contributed by atoms with Crippen molar-refractivity contribution in [1.29, 1.82) is 0 Å². The highest BCUT2D eigenvalue weighted by Gasteiger charge is 2.20. The highest BCUT2D eigenvalue weighted by Crippen LogP contribution is 2.21. The van der Waals surface area contributed by atoms with Gasteiger partial charge in [-0.1, -0.05) is 22.0 Å². The predicted octanol–water partition coefficient (Wildman–Crippen LogP) is 3.32. The SMILES string of the molecule is Cc1cc(Br)cc([C@H](CO)NC(=O)OC(C)(C)C)c1. The zero-order valence-corrected chi connectivity index (χ0v) is 13.2. The first-order valence-electron chi connectivity index (χ1n) is 6.09. The Balaban J connectivity index is 2.81. The molecule has 5 heteroatoms. The van der Waals surface area contributed by atoms with Gasteiger partial charge in [-0.05, 0) is 51.0 Å². The summed E-state index contributed by atoms with van der Waals surface area (Å²) >= 11 is 3.40. The van der Waals surface area contributed by atoms with Gasteiger partial charge in [0, 0.05) is 4.47 Å². The Hall–Kier alpha value is -1.07. The minimum absolute atomic E-state index is 0.185. The maximum atomic E-state index is 11.7. The summed E-state index contributed by atoms with van der Waals surface area (Å²) in [5.74, 6) is 0. The van der Waals surface area contributed by atoms with Crippen LogP contribution in [0.4, 0.5) is 4.79 Å². The summed E-state index contributed by atoms with van der Waals surface area (Å²) in [6, 6.07) is 5.27. The standard InChI is InChI=1S/C14H20BrNO3/c1-9-5-10(7-11(15)6-9)12(8-17)16-13(18)19-14(2,3)4/h5-7,12,17H,8H2,1-4H3,(H,16,18)/t12-/m0/s1. The molecule has 1 amide bonds. The van der Waals surface area contributed by atoms with Gasteiger partial charge in [-0.2, -0.15) is 0 Å². The molecule has 0 unspecified atom stereocenters. The molecule has 1 aromatic carbocycles. The number of aliphatic hydroxyl groups excluding tert-OH is 1. The summed E-state index contributed by atoms with van der Waals surface area (Å²) in [5, 5.41) is 12.1. The molecule has 19 heavy (non-hydrogen) atoms. The van der Waals surface area contributed by atoms with Crippen LogP contribution in [0.15, 0.2) is 22.7 Å². The fourth-order valence-electron chi connectivity index (χ4n) is 1.65. The van der Waals surface area contributed by atoms with Crippen LogP contribution in [0.3, 0.4) is 0 Å². The summed E-state index contributed by atoms with van der Waals surface area (Å²) in [7, 11) is 0. The van der Waals surface area contributed by atoms with Crippen LogP contribution in [0, 0.1) is 6.92 Å². The van der Waals surface area contributed by atoms with Crippen molar-refractivity contribution >= 4 is 22.0 Å². The number of ether oxygens (including phenoxy) is 1. The van der Waals surface area contributed by atoms with Crippen LogP contribution in [0.1, 0.15) is 37.9 Å². The van der Waals surface area contributed by atoms with Crippen molar-refractivity contribution < 1.29 is 14.6 Å². The van der Waals surface area contributed by atoms with Gasteiger partial charge in [-0.15, -0.1) is 0 Å². The van der Waals surface area contributed by atoms with Crippen LogP contribution >= 0.6 is 15.9 Å². The van der Waals surface area contributed by atoms with Crippen molar-refractivity contribution in [3.8, 4) is 0 Å². The smallest absolute Gasteiger partial charge is 0.408 e. The molecular formula is C14H20BrNO3. The maximum absolute atomic E-state index is 11.7. The molecule has 4 nitrogen and oxygen atoms in total. The van der Waals surface area contributed by atoms with Crippen LogP contribution in [0.2, 0.25) is 0 Å². The molecule has 0 aliphatic heterocycles. The molecule has 0 heterocycles. The average molecular weight is 330 g/mol. The fourth-order valence-corrected chi connectivity index (χ4v) is 2.28. The molecule has 0 spiro atoms. The Bertz CT molecular complexity index is 434. The Labute approximate surface area is 122 Å². The van der Waals surface area contributed by atoms with Crippen molar-refractivity contribution in [2.24, 2.45) is 0 Å². The third kappa shape index (κ3) is 5.61. The van der Waals surface area contributed by atoms with Gasteiger partial charge in [0.25, 0.3) is 0 Å². The Kier molecular flexibility index (Phi) is 5.38. The number of carbonyl (C=O) groups excluding carboxylic acids is 1. The number of rotatable bonds is 3. The Morgan fingerprint density at radius 1 is 1.42 bits per heavy atom. The molecule has 2 N–H and O–H groups in total. The van der Waals surface area contributed by atoms with E-state index >= 15 is 0 Å². The van der Waals surface area contributed by atoms with Gasteiger partial charge in [0.1, 0.15) is 5.60 Å². The molecule has 1 aromatic rings. The molecule has 0 fully saturated rings. The van der Waals surface area contributed by atoms with Crippen LogP contribution < -0.4 is 5.32 Å². The molecule has 0 aliphatic carbocycles. The highest BCUT2D eigenvalue weighted by molar-refractivity contribution is 9.10. The van der Waals surface area contributed by atoms with Gasteiger partial charge in [0.2, 0.25) is 0 Å². The molecule has 1 rings (SSSR count). The molecule has 0 aliphatic rings. The molecule has 0 radical (unpaired) electrons. The lowest BCUT2D eigenvalue weighted by molar-refractivity contribution is 0.0482. The van der Waals surface area contributed by atoms with E-state index in [4.69, 9.17) is 4.74 Å². The maximum Gasteiger partial charge on any atom is 0.408 e. The van der Waals surface area contributed by atoms with Crippen molar-refractivity contribution in [2.75, 3.05) is 6.61 Å². The topological polar surface area (TPSA) is 58.6 Å². The first-order valence-corrected chi connectivity index (χ1v) is 6.88. The first-order chi connectivity index (χ1) is 8.71. The highest BCUT2D eigenvalue weighted by atomic mass is 79.9. The van der Waals surface area contributed by atoms with Crippen molar-refractivity contribution in [3.63, 3.8) is 0 Å². The second-order valence-corrected chi connectivity index (χ2v) is 6.36. The van der Waals surface area contributed by atoms with Gasteiger partial charge >= 0.3 is 6.09 Å². The molecule has 0 bridgehead atoms. The number of alkyl carbamates (subject to hydrolysis) is 1. The number of hydrogen-bond acceptors (Lipinski definition) is 3. The number of hydrogen-bond donors (Lipinski definition) is 2. The summed E-state index contributed by atoms with van der Waals surface area (Å²) in [4.78, 5) is 11.7. The Morgan fingerprint density at radius 3 is 2.53 bits per heavy atom. The number of benzene rings is 1. The summed E-state index contributed by atoms with van der Waals surface area (Å²) in [6.45, 7) is 7.16. The Morgan fingerprint density at radius 2 is 2.05 bits per heavy atom. The van der Waals surface area contributed by atoms with E-state index in [1.54, 1.807) is 20.8 Å². The van der Waals surface area contributed by atoms with Crippen molar-refractivity contribution in [1.82, 2.24) is 5.32 Å². The number of aryl methyl sites for hydroxylation is 1. The lowest BCUT2D eigenvalue weighted by atomic mass is 10.1. The van der Waals surface area contributed by atoms with E-state index in [2.05, 4.69) is 21.2 Å². The van der Waals surface area contributed by atoms with E-state index in [1.807, 2.05) is 25.1 Å². The third-order valence-electron chi connectivity index (χ3n) is 2.34. The van der Waals surface area contributed by atoms with Crippen molar-refractivity contribution in [3.05, 3.63) is 33.8 Å². The molecular weight excluding hydrogens is 310 g/mol. The number of halogens is 1. The monoisotopic (exact) mass is 329 g/mol. The summed E-state index contributed by atoms with van der Waals surface area (Å²) < 4.78 is 6.09. The van der Waals surface area contributed by atoms with E-state index in [9.17, 15) is 9.90 Å². The van der Waals surface area contributed by atoms with Gasteiger partial charge < -0.3 is 15.2 Å². The normalized spacial score (nSPS) is 12.9. The minimum Gasteiger partial charge on any atom is -0.444 e. The molecule has 0 aromatic heterocycles. The van der Waals surface area contributed by atoms with Crippen LogP contribution in [0.25, 0.3) is 0 Å². The molecule has 1 atom stereocenters. The average Bonchev–Trinajstić information content (AvgIpc) is 2.21. The largest absolute Gasteiger partial charge is 0.444 e. The minimum atomic E-state index is -0.558. The third-order valence-corrected chi connectivity index (χ3v) is 2.80. The van der Waals surface area contributed by atoms with Gasteiger partial charge in [0.05, 0.1) is 12.6 Å². The molecule has 0 saturated heterocycles. The quantitative estimate of drug-likeness (QED) is 0.894. The number of carbonyl (C=O) groups is 1. The van der Waals surface area contributed by atoms with E-state index in [0.29, 0.717) is 0 Å². The fraction of sp³-hybridized carbons (Fsp3) is 0.500. The predicted molar refractivity (Wildman–Crippen MR) is 78.1 cm³/mol. The van der Waals surface area contributed by atoms with E-state index in [0.717, 1.165) is 15.6 Å². The van der Waals surface area contributed by atoms with Crippen molar-refractivity contribution in [2.45, 2.75) is 39.3 Å². The van der Waals surface area contributed by atoms with E-state index < -0.39 is 17.7 Å². The van der Waals surface area contributed by atoms with Crippen LogP contribution in [-0.4, -0.2) is 23.4 Å².